The van der Waals surface area contributed by atoms with Gasteiger partial charge in [0.25, 0.3) is 0 Å². The number of nitrogens with zero attached hydrogens (tertiary/aromatic N) is 6. The predicted molar refractivity (Wildman–Crippen MR) is 96.7 cm³/mol. The lowest BCUT2D eigenvalue weighted by molar-refractivity contribution is 0.789. The monoisotopic (exact) mass is 329 g/mol. The Morgan fingerprint density at radius 2 is 1.96 bits per heavy atom. The van der Waals surface area contributed by atoms with Crippen molar-refractivity contribution < 1.29 is 0 Å². The number of hydrogen-bond acceptors (Lipinski definition) is 6. The molecule has 0 radical (unpaired) electrons. The van der Waals surface area contributed by atoms with Crippen LogP contribution in [0.2, 0.25) is 0 Å². The first-order valence-corrected chi connectivity index (χ1v) is 7.79. The third kappa shape index (κ3) is 3.20. The van der Waals surface area contributed by atoms with E-state index in [0.717, 1.165) is 27.9 Å². The van der Waals surface area contributed by atoms with Crippen LogP contribution in [0, 0.1) is 0 Å². The Bertz CT molecular complexity index is 1040. The van der Waals surface area contributed by atoms with E-state index in [1.54, 1.807) is 11.0 Å². The van der Waals surface area contributed by atoms with Crippen molar-refractivity contribution >= 4 is 22.4 Å². The van der Waals surface area contributed by atoms with E-state index in [4.69, 9.17) is 0 Å². The molecule has 122 valence electrons. The van der Waals surface area contributed by atoms with Crippen molar-refractivity contribution in [3.63, 3.8) is 0 Å². The molecule has 2 heterocycles. The van der Waals surface area contributed by atoms with Crippen LogP contribution in [0.4, 0.5) is 5.82 Å². The number of pyridine rings is 1. The molecule has 0 atom stereocenters. The Morgan fingerprint density at radius 3 is 2.84 bits per heavy atom. The maximum absolute atomic E-state index is 4.55. The summed E-state index contributed by atoms with van der Waals surface area (Å²) in [4.78, 5) is 4.55. The fourth-order valence-corrected chi connectivity index (χ4v) is 2.49. The average Bonchev–Trinajstić information content (AvgIpc) is 3.21. The molecule has 25 heavy (non-hydrogen) atoms. The molecule has 0 bridgehead atoms. The first kappa shape index (κ1) is 14.9. The topological polar surface area (TPSA) is 80.9 Å². The molecule has 4 rings (SSSR count). The summed E-state index contributed by atoms with van der Waals surface area (Å²) in [5.41, 5.74) is 6.64. The van der Waals surface area contributed by atoms with Crippen LogP contribution < -0.4 is 5.43 Å². The summed E-state index contributed by atoms with van der Waals surface area (Å²) in [6.07, 6.45) is 1.56. The molecule has 0 spiro atoms. The molecule has 0 aliphatic rings. The molecular weight excluding hydrogens is 314 g/mol. The zero-order valence-corrected chi connectivity index (χ0v) is 13.5. The minimum atomic E-state index is 0.703. The fourth-order valence-electron chi connectivity index (χ4n) is 2.49. The molecule has 7 nitrogen and oxygen atoms in total. The summed E-state index contributed by atoms with van der Waals surface area (Å²) < 4.78 is 1.61. The lowest BCUT2D eigenvalue weighted by Crippen LogP contribution is -2.03. The summed E-state index contributed by atoms with van der Waals surface area (Å²) in [7, 11) is 0. The Kier molecular flexibility index (Phi) is 3.88. The van der Waals surface area contributed by atoms with E-state index in [0.29, 0.717) is 5.82 Å². The smallest absolute Gasteiger partial charge is 0.146 e. The van der Waals surface area contributed by atoms with E-state index in [9.17, 15) is 0 Å². The highest BCUT2D eigenvalue weighted by Gasteiger charge is 2.03. The average molecular weight is 329 g/mol. The maximum atomic E-state index is 4.55. The van der Waals surface area contributed by atoms with E-state index in [2.05, 4.69) is 31.0 Å². The molecule has 0 unspecified atom stereocenters. The molecular formula is C18H15N7. The zero-order chi connectivity index (χ0) is 17.1. The van der Waals surface area contributed by atoms with Gasteiger partial charge < -0.3 is 0 Å². The van der Waals surface area contributed by atoms with E-state index in [1.165, 1.54) is 0 Å². The van der Waals surface area contributed by atoms with Gasteiger partial charge in [0.15, 0.2) is 0 Å². The van der Waals surface area contributed by atoms with E-state index >= 15 is 0 Å². The molecule has 0 fully saturated rings. The number of aromatic nitrogens is 5. The van der Waals surface area contributed by atoms with Crippen LogP contribution in [0.5, 0.6) is 0 Å². The molecule has 2 aromatic heterocycles. The summed E-state index contributed by atoms with van der Waals surface area (Å²) in [6, 6.07) is 19.8. The number of hydrogen-bond donors (Lipinski definition) is 1. The summed E-state index contributed by atoms with van der Waals surface area (Å²) in [6.45, 7) is 1.94. The molecule has 0 amide bonds. The van der Waals surface area contributed by atoms with Crippen molar-refractivity contribution in [1.29, 1.82) is 0 Å². The number of benzene rings is 2. The quantitative estimate of drug-likeness (QED) is 0.460. The van der Waals surface area contributed by atoms with Crippen LogP contribution in [0.25, 0.3) is 16.6 Å². The summed E-state index contributed by atoms with van der Waals surface area (Å²) in [5, 5.41) is 16.7. The van der Waals surface area contributed by atoms with Crippen molar-refractivity contribution in [3.05, 3.63) is 72.6 Å². The van der Waals surface area contributed by atoms with Crippen LogP contribution in [0.3, 0.4) is 0 Å². The molecule has 0 saturated carbocycles. The number of fused-ring (bicyclic) bond motifs is 1. The molecule has 0 aliphatic carbocycles. The molecule has 2 aromatic carbocycles. The Morgan fingerprint density at radius 1 is 1.04 bits per heavy atom. The van der Waals surface area contributed by atoms with Crippen LogP contribution in [-0.2, 0) is 0 Å². The lowest BCUT2D eigenvalue weighted by Gasteiger charge is -2.06. The van der Waals surface area contributed by atoms with Gasteiger partial charge in [0.1, 0.15) is 12.1 Å². The van der Waals surface area contributed by atoms with Crippen molar-refractivity contribution in [2.24, 2.45) is 5.10 Å². The Hall–Kier alpha value is -3.61. The highest BCUT2D eigenvalue weighted by atomic mass is 15.5. The molecule has 1 N–H and O–H groups in total. The third-order valence-electron chi connectivity index (χ3n) is 3.81. The second-order valence-electron chi connectivity index (χ2n) is 5.50. The van der Waals surface area contributed by atoms with Gasteiger partial charge in [-0.05, 0) is 53.2 Å². The number of rotatable bonds is 4. The van der Waals surface area contributed by atoms with Gasteiger partial charge in [-0.2, -0.15) is 5.10 Å². The minimum absolute atomic E-state index is 0.703. The number of hydrazone groups is 1. The molecule has 0 saturated heterocycles. The first-order valence-electron chi connectivity index (χ1n) is 7.79. The summed E-state index contributed by atoms with van der Waals surface area (Å²) in [5.74, 6) is 0.703. The largest absolute Gasteiger partial charge is 0.261 e. The van der Waals surface area contributed by atoms with Crippen molar-refractivity contribution in [1.82, 2.24) is 25.2 Å². The number of anilines is 1. The van der Waals surface area contributed by atoms with Gasteiger partial charge in [-0.3, -0.25) is 5.43 Å². The first-order chi connectivity index (χ1) is 12.3. The fraction of sp³-hybridized carbons (Fsp3) is 0.0556. The second-order valence-corrected chi connectivity index (χ2v) is 5.50. The Balaban J connectivity index is 1.57. The SMILES string of the molecule is C/C(=N\Nc1ccc2ccccc2n1)c1cccc(-n2cnnn2)c1. The highest BCUT2D eigenvalue weighted by molar-refractivity contribution is 5.99. The normalized spacial score (nSPS) is 11.6. The van der Waals surface area contributed by atoms with Gasteiger partial charge >= 0.3 is 0 Å². The van der Waals surface area contributed by atoms with E-state index in [-0.39, 0.29) is 0 Å². The van der Waals surface area contributed by atoms with Crippen LogP contribution in [0.1, 0.15) is 12.5 Å². The van der Waals surface area contributed by atoms with Crippen LogP contribution >= 0.6 is 0 Å². The maximum Gasteiger partial charge on any atom is 0.146 e. The van der Waals surface area contributed by atoms with Crippen LogP contribution in [-0.4, -0.2) is 30.9 Å². The molecule has 0 aliphatic heterocycles. The standard InChI is InChI=1S/C18H15N7/c1-13(15-6-4-7-16(11-15)25-12-19-23-24-25)21-22-18-10-9-14-5-2-3-8-17(14)20-18/h2-12H,1H3,(H,20,22)/b21-13+. The highest BCUT2D eigenvalue weighted by Crippen LogP contribution is 2.15. The minimum Gasteiger partial charge on any atom is -0.261 e. The number of tetrazole rings is 1. The van der Waals surface area contributed by atoms with Crippen LogP contribution in [0.15, 0.2) is 72.1 Å². The van der Waals surface area contributed by atoms with Gasteiger partial charge in [0, 0.05) is 5.39 Å². The predicted octanol–water partition coefficient (Wildman–Crippen LogP) is 3.05. The van der Waals surface area contributed by atoms with Gasteiger partial charge in [0.05, 0.1) is 16.9 Å². The van der Waals surface area contributed by atoms with Gasteiger partial charge in [-0.1, -0.05) is 30.3 Å². The van der Waals surface area contributed by atoms with Gasteiger partial charge in [-0.25, -0.2) is 9.67 Å². The zero-order valence-electron chi connectivity index (χ0n) is 13.5. The van der Waals surface area contributed by atoms with Crippen molar-refractivity contribution in [2.45, 2.75) is 6.92 Å². The summed E-state index contributed by atoms with van der Waals surface area (Å²) >= 11 is 0. The molecule has 7 heteroatoms. The van der Waals surface area contributed by atoms with Gasteiger partial charge in [-0.15, -0.1) is 5.10 Å². The van der Waals surface area contributed by atoms with Gasteiger partial charge in [0.2, 0.25) is 0 Å². The lowest BCUT2D eigenvalue weighted by atomic mass is 10.1. The van der Waals surface area contributed by atoms with Crippen molar-refractivity contribution in [2.75, 3.05) is 5.43 Å². The second kappa shape index (κ2) is 6.48. The van der Waals surface area contributed by atoms with E-state index in [1.807, 2.05) is 67.6 Å². The Labute approximate surface area is 144 Å². The molecule has 4 aromatic rings. The number of para-hydroxylation sites is 1. The van der Waals surface area contributed by atoms with E-state index < -0.39 is 0 Å². The third-order valence-corrected chi connectivity index (χ3v) is 3.81. The van der Waals surface area contributed by atoms with Crippen molar-refractivity contribution in [3.8, 4) is 5.69 Å². The number of nitrogens with one attached hydrogen (secondary N) is 1.